The van der Waals surface area contributed by atoms with Crippen molar-refractivity contribution in [1.29, 1.82) is 0 Å². The summed E-state index contributed by atoms with van der Waals surface area (Å²) >= 11 is 0. The molecule has 1 heterocycles. The normalized spacial score (nSPS) is 10.2. The predicted octanol–water partition coefficient (Wildman–Crippen LogP) is 4.27. The molecule has 0 radical (unpaired) electrons. The van der Waals surface area contributed by atoms with E-state index in [-0.39, 0.29) is 5.91 Å². The molecule has 0 saturated heterocycles. The number of rotatable bonds is 7. The van der Waals surface area contributed by atoms with Gasteiger partial charge in [-0.3, -0.25) is 4.79 Å². The van der Waals surface area contributed by atoms with Gasteiger partial charge < -0.3 is 20.1 Å². The first kappa shape index (κ1) is 19.2. The first-order valence-corrected chi connectivity index (χ1v) is 8.88. The highest BCUT2D eigenvalue weighted by Gasteiger charge is 2.11. The molecule has 0 unspecified atom stereocenters. The third-order valence-corrected chi connectivity index (χ3v) is 4.26. The third-order valence-electron chi connectivity index (χ3n) is 4.26. The standard InChI is InChI=1S/C22H23N3O3/c1-15-4-9-20(28-3)19(12-15)25-22(26)17-10-11-23-21(13-17)24-14-16-5-7-18(27-2)8-6-16/h4-13H,14H2,1-3H3,(H,23,24)(H,25,26). The van der Waals surface area contributed by atoms with E-state index in [4.69, 9.17) is 9.47 Å². The number of hydrogen-bond donors (Lipinski definition) is 2. The van der Waals surface area contributed by atoms with Crippen molar-refractivity contribution in [3.8, 4) is 11.5 Å². The highest BCUT2D eigenvalue weighted by Crippen LogP contribution is 2.26. The minimum atomic E-state index is -0.223. The summed E-state index contributed by atoms with van der Waals surface area (Å²) in [6.45, 7) is 2.55. The fraction of sp³-hybridized carbons (Fsp3) is 0.182. The average Bonchev–Trinajstić information content (AvgIpc) is 2.73. The Morgan fingerprint density at radius 3 is 2.50 bits per heavy atom. The number of aromatic nitrogens is 1. The molecule has 0 aliphatic heterocycles. The van der Waals surface area contributed by atoms with Crippen LogP contribution < -0.4 is 20.1 Å². The van der Waals surface area contributed by atoms with Crippen LogP contribution in [0.15, 0.2) is 60.8 Å². The zero-order valence-corrected chi connectivity index (χ0v) is 16.2. The van der Waals surface area contributed by atoms with Gasteiger partial charge in [0.25, 0.3) is 5.91 Å². The first-order chi connectivity index (χ1) is 13.6. The summed E-state index contributed by atoms with van der Waals surface area (Å²) in [4.78, 5) is 16.9. The zero-order valence-electron chi connectivity index (χ0n) is 16.2. The van der Waals surface area contributed by atoms with Crippen LogP contribution in [0.2, 0.25) is 0 Å². The Labute approximate surface area is 164 Å². The molecule has 0 saturated carbocycles. The minimum Gasteiger partial charge on any atom is -0.497 e. The third kappa shape index (κ3) is 4.79. The monoisotopic (exact) mass is 377 g/mol. The number of nitrogens with one attached hydrogen (secondary N) is 2. The molecule has 6 nitrogen and oxygen atoms in total. The molecular weight excluding hydrogens is 354 g/mol. The van der Waals surface area contributed by atoms with Crippen LogP contribution in [-0.4, -0.2) is 25.1 Å². The molecule has 2 aromatic carbocycles. The summed E-state index contributed by atoms with van der Waals surface area (Å²) < 4.78 is 10.5. The lowest BCUT2D eigenvalue weighted by molar-refractivity contribution is 0.102. The Hall–Kier alpha value is -3.54. The molecule has 0 fully saturated rings. The van der Waals surface area contributed by atoms with Crippen LogP contribution in [0, 0.1) is 6.92 Å². The van der Waals surface area contributed by atoms with Crippen LogP contribution in [0.1, 0.15) is 21.5 Å². The number of hydrogen-bond acceptors (Lipinski definition) is 5. The fourth-order valence-corrected chi connectivity index (χ4v) is 2.72. The van der Waals surface area contributed by atoms with Crippen LogP contribution in [0.3, 0.4) is 0 Å². The Morgan fingerprint density at radius 2 is 1.79 bits per heavy atom. The van der Waals surface area contributed by atoms with E-state index in [9.17, 15) is 4.79 Å². The molecule has 2 N–H and O–H groups in total. The summed E-state index contributed by atoms with van der Waals surface area (Å²) in [5.74, 6) is 1.83. The zero-order chi connectivity index (χ0) is 19.9. The number of anilines is 2. The molecule has 0 atom stereocenters. The van der Waals surface area contributed by atoms with Gasteiger partial charge in [0.1, 0.15) is 17.3 Å². The fourth-order valence-electron chi connectivity index (χ4n) is 2.72. The molecule has 0 bridgehead atoms. The van der Waals surface area contributed by atoms with Crippen LogP contribution >= 0.6 is 0 Å². The van der Waals surface area contributed by atoms with Crippen molar-refractivity contribution in [2.45, 2.75) is 13.5 Å². The van der Waals surface area contributed by atoms with Gasteiger partial charge >= 0.3 is 0 Å². The highest BCUT2D eigenvalue weighted by molar-refractivity contribution is 6.05. The molecule has 3 rings (SSSR count). The Kier molecular flexibility index (Phi) is 6.11. The number of carbonyl (C=O) groups is 1. The van der Waals surface area contributed by atoms with Gasteiger partial charge in [-0.05, 0) is 54.4 Å². The minimum absolute atomic E-state index is 0.223. The lowest BCUT2D eigenvalue weighted by Crippen LogP contribution is -2.13. The van der Waals surface area contributed by atoms with Crippen LogP contribution in [0.25, 0.3) is 0 Å². The number of pyridine rings is 1. The Balaban J connectivity index is 1.68. The maximum absolute atomic E-state index is 12.7. The van der Waals surface area contributed by atoms with Crippen LogP contribution in [0.5, 0.6) is 11.5 Å². The van der Waals surface area contributed by atoms with Crippen molar-refractivity contribution in [3.63, 3.8) is 0 Å². The number of ether oxygens (including phenoxy) is 2. The van der Waals surface area contributed by atoms with Crippen molar-refractivity contribution in [2.75, 3.05) is 24.9 Å². The van der Waals surface area contributed by atoms with E-state index < -0.39 is 0 Å². The number of aryl methyl sites for hydroxylation is 1. The molecule has 0 aliphatic carbocycles. The van der Waals surface area contributed by atoms with E-state index in [1.807, 2.05) is 49.4 Å². The number of nitrogens with zero attached hydrogens (tertiary/aromatic N) is 1. The SMILES string of the molecule is COc1ccc(CNc2cc(C(=O)Nc3cc(C)ccc3OC)ccn2)cc1. The van der Waals surface area contributed by atoms with Gasteiger partial charge in [0, 0.05) is 18.3 Å². The topological polar surface area (TPSA) is 72.5 Å². The summed E-state index contributed by atoms with van der Waals surface area (Å²) in [5.41, 5.74) is 3.27. The van der Waals surface area contributed by atoms with Crippen molar-refractivity contribution in [3.05, 3.63) is 77.5 Å². The van der Waals surface area contributed by atoms with Crippen molar-refractivity contribution in [2.24, 2.45) is 0 Å². The summed E-state index contributed by atoms with van der Waals surface area (Å²) in [6, 6.07) is 16.8. The number of amides is 1. The molecule has 144 valence electrons. The molecule has 0 spiro atoms. The van der Waals surface area contributed by atoms with Crippen LogP contribution in [-0.2, 0) is 6.54 Å². The largest absolute Gasteiger partial charge is 0.497 e. The first-order valence-electron chi connectivity index (χ1n) is 8.88. The second kappa shape index (κ2) is 8.90. The summed E-state index contributed by atoms with van der Waals surface area (Å²) in [7, 11) is 3.22. The predicted molar refractivity (Wildman–Crippen MR) is 110 cm³/mol. The van der Waals surface area contributed by atoms with Gasteiger partial charge in [-0.2, -0.15) is 0 Å². The van der Waals surface area contributed by atoms with Crippen molar-refractivity contribution >= 4 is 17.4 Å². The number of methoxy groups -OCH3 is 2. The smallest absolute Gasteiger partial charge is 0.255 e. The molecule has 0 aliphatic rings. The summed E-state index contributed by atoms with van der Waals surface area (Å²) in [5, 5.41) is 6.13. The van der Waals surface area contributed by atoms with E-state index in [0.29, 0.717) is 29.4 Å². The van der Waals surface area contributed by atoms with Gasteiger partial charge in [-0.25, -0.2) is 4.98 Å². The Bertz CT molecular complexity index is 955. The molecule has 6 heteroatoms. The maximum atomic E-state index is 12.7. The molecule has 1 aromatic heterocycles. The van der Waals surface area contributed by atoms with Crippen LogP contribution in [0.4, 0.5) is 11.5 Å². The Morgan fingerprint density at radius 1 is 1.00 bits per heavy atom. The molecule has 1 amide bonds. The van der Waals surface area contributed by atoms with Gasteiger partial charge in [-0.1, -0.05) is 18.2 Å². The van der Waals surface area contributed by atoms with Crippen molar-refractivity contribution in [1.82, 2.24) is 4.98 Å². The average molecular weight is 377 g/mol. The van der Waals surface area contributed by atoms with Gasteiger partial charge in [0.15, 0.2) is 0 Å². The van der Waals surface area contributed by atoms with E-state index in [1.54, 1.807) is 32.5 Å². The van der Waals surface area contributed by atoms with Gasteiger partial charge in [-0.15, -0.1) is 0 Å². The van der Waals surface area contributed by atoms with Crippen molar-refractivity contribution < 1.29 is 14.3 Å². The maximum Gasteiger partial charge on any atom is 0.255 e. The van der Waals surface area contributed by atoms with E-state index in [2.05, 4.69) is 15.6 Å². The number of carbonyl (C=O) groups excluding carboxylic acids is 1. The lowest BCUT2D eigenvalue weighted by atomic mass is 10.2. The van der Waals surface area contributed by atoms with E-state index in [0.717, 1.165) is 16.9 Å². The second-order valence-electron chi connectivity index (χ2n) is 6.29. The number of benzene rings is 2. The van der Waals surface area contributed by atoms with Gasteiger partial charge in [0.05, 0.1) is 19.9 Å². The lowest BCUT2D eigenvalue weighted by Gasteiger charge is -2.12. The van der Waals surface area contributed by atoms with Gasteiger partial charge in [0.2, 0.25) is 0 Å². The molecular formula is C22H23N3O3. The van der Waals surface area contributed by atoms with E-state index in [1.165, 1.54) is 0 Å². The van der Waals surface area contributed by atoms with E-state index >= 15 is 0 Å². The molecule has 28 heavy (non-hydrogen) atoms. The summed E-state index contributed by atoms with van der Waals surface area (Å²) in [6.07, 6.45) is 1.61. The highest BCUT2D eigenvalue weighted by atomic mass is 16.5. The quantitative estimate of drug-likeness (QED) is 0.643. The second-order valence-corrected chi connectivity index (χ2v) is 6.29. The molecule has 3 aromatic rings.